The molecule has 1 aliphatic carbocycles. The molecule has 1 aromatic carbocycles. The Morgan fingerprint density at radius 3 is 2.35 bits per heavy atom. The van der Waals surface area contributed by atoms with Gasteiger partial charge >= 0.3 is 5.97 Å². The molecule has 17 heavy (non-hydrogen) atoms. The quantitative estimate of drug-likeness (QED) is 0.871. The number of hydrogen-bond acceptors (Lipinski definition) is 3. The Hall–Kier alpha value is -1.97. The molecule has 0 bridgehead atoms. The summed E-state index contributed by atoms with van der Waals surface area (Å²) < 4.78 is 10.4. The molecule has 0 radical (unpaired) electrons. The summed E-state index contributed by atoms with van der Waals surface area (Å²) in [6.45, 7) is 1.96. The van der Waals surface area contributed by atoms with Crippen molar-refractivity contribution < 1.29 is 19.4 Å². The molecule has 0 amide bonds. The van der Waals surface area contributed by atoms with Gasteiger partial charge in [-0.3, -0.25) is 0 Å². The Morgan fingerprint density at radius 2 is 1.82 bits per heavy atom. The molecule has 0 aromatic heterocycles. The Labute approximate surface area is 99.5 Å². The number of ether oxygens (including phenoxy) is 2. The van der Waals surface area contributed by atoms with Gasteiger partial charge in [-0.1, -0.05) is 13.0 Å². The van der Waals surface area contributed by atoms with Gasteiger partial charge < -0.3 is 14.6 Å². The normalized spacial score (nSPS) is 17.4. The SMILES string of the molecule is COc1cc2c(cc1OC)C(C)C=C2C(=O)O. The number of hydrogen-bond donors (Lipinski definition) is 1. The third-order valence-electron chi connectivity index (χ3n) is 2.98. The summed E-state index contributed by atoms with van der Waals surface area (Å²) in [4.78, 5) is 11.1. The first-order chi connectivity index (χ1) is 8.08. The molecule has 4 nitrogen and oxygen atoms in total. The molecule has 0 saturated carbocycles. The number of methoxy groups -OCH3 is 2. The highest BCUT2D eigenvalue weighted by Gasteiger charge is 2.26. The summed E-state index contributed by atoms with van der Waals surface area (Å²) in [7, 11) is 3.10. The van der Waals surface area contributed by atoms with Crippen LogP contribution in [0.3, 0.4) is 0 Å². The van der Waals surface area contributed by atoms with Gasteiger partial charge in [0, 0.05) is 5.92 Å². The van der Waals surface area contributed by atoms with Gasteiger partial charge in [-0.25, -0.2) is 4.79 Å². The van der Waals surface area contributed by atoms with Crippen LogP contribution in [-0.2, 0) is 4.79 Å². The zero-order valence-electron chi connectivity index (χ0n) is 9.98. The van der Waals surface area contributed by atoms with Crippen molar-refractivity contribution in [3.05, 3.63) is 29.3 Å². The van der Waals surface area contributed by atoms with Gasteiger partial charge in [-0.15, -0.1) is 0 Å². The van der Waals surface area contributed by atoms with E-state index in [1.807, 2.05) is 13.0 Å². The lowest BCUT2D eigenvalue weighted by atomic mass is 10.0. The van der Waals surface area contributed by atoms with Crippen molar-refractivity contribution in [1.29, 1.82) is 0 Å². The van der Waals surface area contributed by atoms with Crippen LogP contribution in [0.4, 0.5) is 0 Å². The first kappa shape index (κ1) is 11.5. The number of carboxylic acid groups (broad SMARTS) is 1. The minimum absolute atomic E-state index is 0.0795. The van der Waals surface area contributed by atoms with Gasteiger partial charge in [-0.05, 0) is 23.3 Å². The van der Waals surface area contributed by atoms with Gasteiger partial charge in [-0.2, -0.15) is 0 Å². The molecule has 1 aliphatic rings. The third kappa shape index (κ3) is 1.75. The summed E-state index contributed by atoms with van der Waals surface area (Å²) in [5, 5.41) is 9.13. The van der Waals surface area contributed by atoms with E-state index >= 15 is 0 Å². The number of benzene rings is 1. The van der Waals surface area contributed by atoms with E-state index in [9.17, 15) is 4.79 Å². The molecule has 0 spiro atoms. The third-order valence-corrected chi connectivity index (χ3v) is 2.98. The highest BCUT2D eigenvalue weighted by atomic mass is 16.5. The number of aliphatic carboxylic acids is 1. The van der Waals surface area contributed by atoms with Gasteiger partial charge in [0.2, 0.25) is 0 Å². The Bertz CT molecular complexity index is 502. The molecule has 0 saturated heterocycles. The Balaban J connectivity index is 2.60. The van der Waals surface area contributed by atoms with Crippen LogP contribution in [0.2, 0.25) is 0 Å². The van der Waals surface area contributed by atoms with Crippen LogP contribution in [0.25, 0.3) is 5.57 Å². The van der Waals surface area contributed by atoms with E-state index in [0.717, 1.165) is 5.56 Å². The average molecular weight is 234 g/mol. The fraction of sp³-hybridized carbons (Fsp3) is 0.308. The van der Waals surface area contributed by atoms with E-state index in [-0.39, 0.29) is 5.92 Å². The van der Waals surface area contributed by atoms with Crippen molar-refractivity contribution in [3.8, 4) is 11.5 Å². The summed E-state index contributed by atoms with van der Waals surface area (Å²) in [6.07, 6.45) is 1.74. The standard InChI is InChI=1S/C13H14O4/c1-7-4-10(13(14)15)9-6-12(17-3)11(16-2)5-8(7)9/h4-7H,1-3H3,(H,14,15). The van der Waals surface area contributed by atoms with Crippen molar-refractivity contribution in [1.82, 2.24) is 0 Å². The van der Waals surface area contributed by atoms with E-state index in [1.165, 1.54) is 7.11 Å². The maximum atomic E-state index is 11.1. The number of carboxylic acids is 1. The topological polar surface area (TPSA) is 55.8 Å². The lowest BCUT2D eigenvalue weighted by Crippen LogP contribution is -2.00. The van der Waals surface area contributed by atoms with Crippen molar-refractivity contribution >= 4 is 11.5 Å². The number of rotatable bonds is 3. The minimum atomic E-state index is -0.914. The Morgan fingerprint density at radius 1 is 1.24 bits per heavy atom. The summed E-state index contributed by atoms with van der Waals surface area (Å²) >= 11 is 0. The van der Waals surface area contributed by atoms with Gasteiger partial charge in [0.1, 0.15) is 0 Å². The smallest absolute Gasteiger partial charge is 0.336 e. The summed E-state index contributed by atoms with van der Waals surface area (Å²) in [6, 6.07) is 3.56. The van der Waals surface area contributed by atoms with Crippen LogP contribution in [-0.4, -0.2) is 25.3 Å². The van der Waals surface area contributed by atoms with E-state index in [4.69, 9.17) is 14.6 Å². The van der Waals surface area contributed by atoms with Crippen molar-refractivity contribution in [2.45, 2.75) is 12.8 Å². The minimum Gasteiger partial charge on any atom is -0.493 e. The lowest BCUT2D eigenvalue weighted by molar-refractivity contribution is -0.130. The van der Waals surface area contributed by atoms with Crippen molar-refractivity contribution in [2.75, 3.05) is 14.2 Å². The maximum absolute atomic E-state index is 11.1. The first-order valence-electron chi connectivity index (χ1n) is 5.30. The van der Waals surface area contributed by atoms with Crippen molar-refractivity contribution in [2.24, 2.45) is 0 Å². The van der Waals surface area contributed by atoms with Gasteiger partial charge in [0.25, 0.3) is 0 Å². The molecular weight excluding hydrogens is 220 g/mol. The molecule has 1 unspecified atom stereocenters. The molecule has 0 heterocycles. The second-order valence-electron chi connectivity index (χ2n) is 3.97. The fourth-order valence-corrected chi connectivity index (χ4v) is 2.12. The summed E-state index contributed by atoms with van der Waals surface area (Å²) in [5.41, 5.74) is 2.00. The number of allylic oxidation sites excluding steroid dienone is 1. The van der Waals surface area contributed by atoms with Crippen LogP contribution in [0.5, 0.6) is 11.5 Å². The molecular formula is C13H14O4. The van der Waals surface area contributed by atoms with E-state index < -0.39 is 5.97 Å². The van der Waals surface area contributed by atoms with E-state index in [0.29, 0.717) is 22.6 Å². The Kier molecular flexibility index (Phi) is 2.79. The van der Waals surface area contributed by atoms with E-state index in [1.54, 1.807) is 19.3 Å². The summed E-state index contributed by atoms with van der Waals surface area (Å²) in [5.74, 6) is 0.337. The number of fused-ring (bicyclic) bond motifs is 1. The fourth-order valence-electron chi connectivity index (χ4n) is 2.12. The predicted molar refractivity (Wildman–Crippen MR) is 63.6 cm³/mol. The lowest BCUT2D eigenvalue weighted by Gasteiger charge is -2.12. The molecule has 1 aromatic rings. The highest BCUT2D eigenvalue weighted by molar-refractivity contribution is 6.17. The first-order valence-corrected chi connectivity index (χ1v) is 5.30. The zero-order valence-corrected chi connectivity index (χ0v) is 9.98. The molecule has 1 N–H and O–H groups in total. The van der Waals surface area contributed by atoms with Crippen molar-refractivity contribution in [3.63, 3.8) is 0 Å². The second kappa shape index (κ2) is 4.13. The molecule has 0 fully saturated rings. The zero-order chi connectivity index (χ0) is 12.6. The molecule has 2 rings (SSSR count). The average Bonchev–Trinajstić information content (AvgIpc) is 2.64. The van der Waals surface area contributed by atoms with Crippen LogP contribution in [0.15, 0.2) is 18.2 Å². The predicted octanol–water partition coefficient (Wildman–Crippen LogP) is 2.29. The molecule has 0 aliphatic heterocycles. The van der Waals surface area contributed by atoms with Crippen LogP contribution < -0.4 is 9.47 Å². The maximum Gasteiger partial charge on any atom is 0.336 e. The largest absolute Gasteiger partial charge is 0.493 e. The molecule has 90 valence electrons. The molecule has 4 heteroatoms. The van der Waals surface area contributed by atoms with Crippen LogP contribution in [0.1, 0.15) is 24.0 Å². The number of carbonyl (C=O) groups is 1. The van der Waals surface area contributed by atoms with Crippen LogP contribution >= 0.6 is 0 Å². The van der Waals surface area contributed by atoms with Gasteiger partial charge in [0.15, 0.2) is 11.5 Å². The second-order valence-corrected chi connectivity index (χ2v) is 3.97. The van der Waals surface area contributed by atoms with Crippen LogP contribution in [0, 0.1) is 0 Å². The highest BCUT2D eigenvalue weighted by Crippen LogP contribution is 2.42. The molecule has 1 atom stereocenters. The van der Waals surface area contributed by atoms with E-state index in [2.05, 4.69) is 0 Å². The monoisotopic (exact) mass is 234 g/mol. The van der Waals surface area contributed by atoms with Gasteiger partial charge in [0.05, 0.1) is 19.8 Å².